The largest absolute Gasteiger partial charge is 0.425 e. The number of unbranched alkanes of at least 4 members (excludes halogenated alkanes) is 9. The van der Waals surface area contributed by atoms with Crippen molar-refractivity contribution in [2.45, 2.75) is 134 Å². The Kier molecular flexibility index (Phi) is 16.3. The van der Waals surface area contributed by atoms with Crippen molar-refractivity contribution in [2.24, 2.45) is 0 Å². The van der Waals surface area contributed by atoms with Gasteiger partial charge in [0.2, 0.25) is 8.41 Å². The molecule has 0 spiro atoms. The van der Waals surface area contributed by atoms with E-state index in [1.807, 2.05) is 0 Å². The SMILES string of the molecule is CCCCC[Si](F)(F)CCCCCC[Si](F)(CCCCC)CCCCC. The zero-order valence-corrected chi connectivity index (χ0v) is 19.9. The number of hydrogen-bond donors (Lipinski definition) is 0. The summed E-state index contributed by atoms with van der Waals surface area (Å²) in [4.78, 5) is 0. The summed E-state index contributed by atoms with van der Waals surface area (Å²) in [6.45, 7) is 6.39. The molecule has 0 rings (SSSR count). The average molecular weight is 411 g/mol. The summed E-state index contributed by atoms with van der Waals surface area (Å²) in [6, 6.07) is 2.75. The molecule has 0 bridgehead atoms. The maximum atomic E-state index is 15.3. The van der Waals surface area contributed by atoms with E-state index in [0.717, 1.165) is 88.8 Å². The van der Waals surface area contributed by atoms with Gasteiger partial charge in [-0.3, -0.25) is 8.22 Å². The molecule has 0 N–H and O–H groups in total. The summed E-state index contributed by atoms with van der Waals surface area (Å²) in [5.41, 5.74) is 0. The fourth-order valence-corrected chi connectivity index (χ4v) is 8.88. The molecular weight excluding hydrogens is 365 g/mol. The van der Waals surface area contributed by atoms with E-state index in [1.54, 1.807) is 0 Å². The maximum absolute atomic E-state index is 15.3. The molecule has 0 fully saturated rings. The van der Waals surface area contributed by atoms with Gasteiger partial charge in [-0.15, -0.1) is 0 Å². The molecule has 0 unspecified atom stereocenters. The fourth-order valence-electron chi connectivity index (χ4n) is 3.70. The molecule has 0 atom stereocenters. The summed E-state index contributed by atoms with van der Waals surface area (Å²) < 4.78 is 43.1. The monoisotopic (exact) mass is 410 g/mol. The van der Waals surface area contributed by atoms with E-state index in [4.69, 9.17) is 0 Å². The molecule has 0 aromatic carbocycles. The topological polar surface area (TPSA) is 0 Å². The van der Waals surface area contributed by atoms with Crippen molar-refractivity contribution in [3.63, 3.8) is 0 Å². The van der Waals surface area contributed by atoms with E-state index in [-0.39, 0.29) is 12.1 Å². The van der Waals surface area contributed by atoms with Gasteiger partial charge in [0.1, 0.15) is 0 Å². The van der Waals surface area contributed by atoms with Crippen LogP contribution in [-0.4, -0.2) is 17.1 Å². The van der Waals surface area contributed by atoms with Gasteiger partial charge in [-0.2, -0.15) is 0 Å². The first-order chi connectivity index (χ1) is 12.4. The number of halogens is 3. The molecule has 0 saturated carbocycles. The van der Waals surface area contributed by atoms with Gasteiger partial charge >= 0.3 is 8.74 Å². The first-order valence-electron chi connectivity index (χ1n) is 11.5. The van der Waals surface area contributed by atoms with Crippen LogP contribution in [0.25, 0.3) is 0 Å². The van der Waals surface area contributed by atoms with Gasteiger partial charge in [-0.1, -0.05) is 104 Å². The van der Waals surface area contributed by atoms with E-state index in [1.165, 1.54) is 0 Å². The van der Waals surface area contributed by atoms with Gasteiger partial charge in [0, 0.05) is 0 Å². The van der Waals surface area contributed by atoms with Crippen LogP contribution in [0.3, 0.4) is 0 Å². The Bertz CT molecular complexity index is 302. The smallest absolute Gasteiger partial charge is 0.314 e. The first-order valence-corrected chi connectivity index (χ1v) is 16.1. The highest BCUT2D eigenvalue weighted by Crippen LogP contribution is 2.31. The average Bonchev–Trinajstić information content (AvgIpc) is 2.59. The van der Waals surface area contributed by atoms with Gasteiger partial charge in [-0.25, -0.2) is 0 Å². The highest BCUT2D eigenvalue weighted by atomic mass is 28.4. The Balaban J connectivity index is 3.98. The summed E-state index contributed by atoms with van der Waals surface area (Å²) in [7, 11) is -6.53. The normalized spacial score (nSPS) is 12.7. The van der Waals surface area contributed by atoms with E-state index < -0.39 is 17.1 Å². The van der Waals surface area contributed by atoms with E-state index in [0.29, 0.717) is 12.8 Å². The molecule has 0 aromatic rings. The van der Waals surface area contributed by atoms with Crippen molar-refractivity contribution >= 4 is 17.1 Å². The zero-order valence-electron chi connectivity index (χ0n) is 17.9. The molecule has 0 aliphatic carbocycles. The third kappa shape index (κ3) is 15.3. The van der Waals surface area contributed by atoms with Crippen LogP contribution in [0.4, 0.5) is 12.3 Å². The fraction of sp³-hybridized carbons (Fsp3) is 1.00. The molecule has 0 amide bonds. The minimum atomic E-state index is -3.95. The van der Waals surface area contributed by atoms with Crippen LogP contribution in [-0.2, 0) is 0 Å². The van der Waals surface area contributed by atoms with Crippen molar-refractivity contribution in [1.29, 1.82) is 0 Å². The van der Waals surface area contributed by atoms with Gasteiger partial charge < -0.3 is 4.11 Å². The van der Waals surface area contributed by atoms with Crippen LogP contribution in [0, 0.1) is 0 Å². The van der Waals surface area contributed by atoms with Crippen LogP contribution in [0.15, 0.2) is 0 Å². The van der Waals surface area contributed by atoms with E-state index in [2.05, 4.69) is 20.8 Å². The van der Waals surface area contributed by atoms with Gasteiger partial charge in [0.05, 0.1) is 0 Å². The van der Waals surface area contributed by atoms with Crippen molar-refractivity contribution in [3.05, 3.63) is 0 Å². The quantitative estimate of drug-likeness (QED) is 0.113. The predicted octanol–water partition coefficient (Wildman–Crippen LogP) is 9.41. The molecular formula is C21H45F3Si2. The van der Waals surface area contributed by atoms with Crippen LogP contribution in [0.1, 0.15) is 104 Å². The molecule has 158 valence electrons. The molecule has 0 aliphatic heterocycles. The Labute approximate surface area is 164 Å². The van der Waals surface area contributed by atoms with Crippen LogP contribution < -0.4 is 0 Å². The lowest BCUT2D eigenvalue weighted by Crippen LogP contribution is -2.28. The van der Waals surface area contributed by atoms with Gasteiger partial charge in [0.25, 0.3) is 0 Å². The minimum Gasteiger partial charge on any atom is -0.314 e. The van der Waals surface area contributed by atoms with E-state index in [9.17, 15) is 8.22 Å². The second-order valence-electron chi connectivity index (χ2n) is 8.29. The second-order valence-corrected chi connectivity index (χ2v) is 14.8. The maximum Gasteiger partial charge on any atom is 0.425 e. The second kappa shape index (κ2) is 16.2. The van der Waals surface area contributed by atoms with Crippen LogP contribution >= 0.6 is 0 Å². The highest BCUT2D eigenvalue weighted by Gasteiger charge is 2.34. The summed E-state index contributed by atoms with van der Waals surface area (Å²) in [6.07, 6.45) is 12.7. The number of rotatable bonds is 19. The molecule has 0 radical (unpaired) electrons. The third-order valence-corrected chi connectivity index (χ3v) is 11.4. The van der Waals surface area contributed by atoms with Crippen molar-refractivity contribution in [3.8, 4) is 0 Å². The molecule has 0 aliphatic rings. The van der Waals surface area contributed by atoms with E-state index >= 15 is 4.11 Å². The Hall–Kier alpha value is 0.224. The molecule has 0 nitrogen and oxygen atoms in total. The zero-order chi connectivity index (χ0) is 19.7. The Morgan fingerprint density at radius 2 is 0.731 bits per heavy atom. The van der Waals surface area contributed by atoms with Crippen molar-refractivity contribution in [2.75, 3.05) is 0 Å². The lowest BCUT2D eigenvalue weighted by molar-refractivity contribution is 0.552. The molecule has 0 heterocycles. The molecule has 26 heavy (non-hydrogen) atoms. The third-order valence-electron chi connectivity index (χ3n) is 5.52. The summed E-state index contributed by atoms with van der Waals surface area (Å²) in [5, 5.41) is 0. The van der Waals surface area contributed by atoms with Crippen LogP contribution in [0.2, 0.25) is 30.2 Å². The Morgan fingerprint density at radius 1 is 0.423 bits per heavy atom. The van der Waals surface area contributed by atoms with Crippen molar-refractivity contribution < 1.29 is 12.3 Å². The Morgan fingerprint density at radius 3 is 1.12 bits per heavy atom. The van der Waals surface area contributed by atoms with Crippen LogP contribution in [0.5, 0.6) is 0 Å². The van der Waals surface area contributed by atoms with Gasteiger partial charge in [-0.05, 0) is 30.2 Å². The molecule has 0 saturated heterocycles. The summed E-state index contributed by atoms with van der Waals surface area (Å²) >= 11 is 0. The lowest BCUT2D eigenvalue weighted by Gasteiger charge is -2.22. The molecule has 0 aromatic heterocycles. The first kappa shape index (κ1) is 26.2. The summed E-state index contributed by atoms with van der Waals surface area (Å²) in [5.74, 6) is 0. The standard InChI is InChI=1S/C21H45F3Si2/c1-4-7-12-17-25(22,18-13-8-5-2)19-15-10-11-16-21-26(23,24)20-14-9-6-3/h4-21H2,1-3H3. The van der Waals surface area contributed by atoms with Gasteiger partial charge in [0.15, 0.2) is 0 Å². The minimum absolute atomic E-state index is 0.155. The predicted molar refractivity (Wildman–Crippen MR) is 116 cm³/mol. The molecule has 5 heteroatoms. The number of hydrogen-bond acceptors (Lipinski definition) is 0. The highest BCUT2D eigenvalue weighted by molar-refractivity contribution is 6.73. The lowest BCUT2D eigenvalue weighted by atomic mass is 10.2. The van der Waals surface area contributed by atoms with Crippen molar-refractivity contribution in [1.82, 2.24) is 0 Å².